The zero-order valence-electron chi connectivity index (χ0n) is 26.4. The fraction of sp³-hybridized carbons (Fsp3) is 0.469. The lowest BCUT2D eigenvalue weighted by Crippen LogP contribution is -2.56. The molecule has 3 rings (SSSR count). The molecule has 2 aromatic carbocycles. The summed E-state index contributed by atoms with van der Waals surface area (Å²) in [6.45, 7) is 2.53. The van der Waals surface area contributed by atoms with Crippen molar-refractivity contribution in [3.63, 3.8) is 0 Å². The second-order valence-electron chi connectivity index (χ2n) is 11.3. The van der Waals surface area contributed by atoms with Crippen LogP contribution in [-0.2, 0) is 25.7 Å². The summed E-state index contributed by atoms with van der Waals surface area (Å²) < 4.78 is 10.1. The Morgan fingerprint density at radius 3 is 2.19 bits per heavy atom. The van der Waals surface area contributed by atoms with Crippen molar-refractivity contribution in [3.8, 4) is 5.75 Å². The summed E-state index contributed by atoms with van der Waals surface area (Å²) in [7, 11) is 0. The maximum absolute atomic E-state index is 13.7. The number of benzene rings is 2. The van der Waals surface area contributed by atoms with Gasteiger partial charge in [-0.3, -0.25) is 24.5 Å². The van der Waals surface area contributed by atoms with Crippen molar-refractivity contribution in [1.29, 1.82) is 0 Å². The van der Waals surface area contributed by atoms with Crippen molar-refractivity contribution in [2.75, 3.05) is 18.4 Å². The van der Waals surface area contributed by atoms with E-state index in [1.807, 2.05) is 6.92 Å². The van der Waals surface area contributed by atoms with Crippen LogP contribution in [0.15, 0.2) is 48.5 Å². The summed E-state index contributed by atoms with van der Waals surface area (Å²) in [6.07, 6.45) is 4.33. The minimum Gasteiger partial charge on any atom is -0.429 e. The van der Waals surface area contributed by atoms with Crippen molar-refractivity contribution < 1.29 is 38.4 Å². The maximum atomic E-state index is 13.7. The monoisotopic (exact) mass is 654 g/mol. The van der Waals surface area contributed by atoms with Crippen molar-refractivity contribution in [2.45, 2.75) is 77.4 Å². The van der Waals surface area contributed by atoms with Gasteiger partial charge in [-0.05, 0) is 61.9 Å². The molecular formula is C32H42N6O9. The number of nitrogens with two attached hydrogens (primary N) is 1. The smallest absolute Gasteiger partial charge is 0.429 e. The van der Waals surface area contributed by atoms with Gasteiger partial charge >= 0.3 is 12.2 Å². The van der Waals surface area contributed by atoms with Crippen molar-refractivity contribution in [1.82, 2.24) is 16.0 Å². The van der Waals surface area contributed by atoms with E-state index in [4.69, 9.17) is 15.2 Å². The van der Waals surface area contributed by atoms with Gasteiger partial charge < -0.3 is 36.5 Å². The molecular weight excluding hydrogens is 612 g/mol. The van der Waals surface area contributed by atoms with Gasteiger partial charge in [-0.25, -0.2) is 9.59 Å². The number of unbranched alkanes of at least 4 members (excludes halogenated alkanes) is 1. The number of nitrogens with zero attached hydrogens (tertiary/aromatic N) is 1. The molecule has 0 unspecified atom stereocenters. The average molecular weight is 655 g/mol. The predicted octanol–water partition coefficient (Wildman–Crippen LogP) is 4.05. The van der Waals surface area contributed by atoms with E-state index >= 15 is 0 Å². The van der Waals surface area contributed by atoms with Crippen LogP contribution in [0, 0.1) is 15.5 Å². The van der Waals surface area contributed by atoms with Gasteiger partial charge in [-0.2, -0.15) is 0 Å². The Bertz CT molecular complexity index is 1390. The molecule has 15 heteroatoms. The average Bonchev–Trinajstić information content (AvgIpc) is 3.06. The van der Waals surface area contributed by atoms with Gasteiger partial charge in [0.15, 0.2) is 0 Å². The highest BCUT2D eigenvalue weighted by Crippen LogP contribution is 2.37. The highest BCUT2D eigenvalue weighted by molar-refractivity contribution is 6.07. The molecule has 2 aromatic rings. The van der Waals surface area contributed by atoms with E-state index in [9.17, 15) is 34.1 Å². The predicted molar refractivity (Wildman–Crippen MR) is 171 cm³/mol. The summed E-state index contributed by atoms with van der Waals surface area (Å²) in [5.41, 5.74) is 4.73. The number of urea groups is 1. The maximum Gasteiger partial charge on any atom is 0.514 e. The number of nitrogens with one attached hydrogen (secondary N) is 4. The van der Waals surface area contributed by atoms with E-state index < -0.39 is 40.4 Å². The van der Waals surface area contributed by atoms with Crippen LogP contribution in [0.3, 0.4) is 0 Å². The zero-order valence-corrected chi connectivity index (χ0v) is 26.4. The van der Waals surface area contributed by atoms with Gasteiger partial charge in [0.05, 0.1) is 4.92 Å². The van der Waals surface area contributed by atoms with Crippen LogP contribution in [0.1, 0.15) is 70.3 Å². The number of hydrogen-bond donors (Lipinski definition) is 5. The molecule has 0 bridgehead atoms. The minimum absolute atomic E-state index is 0.0808. The molecule has 0 aliphatic heterocycles. The molecule has 1 atom stereocenters. The second kappa shape index (κ2) is 18.1. The van der Waals surface area contributed by atoms with Crippen LogP contribution in [0.2, 0.25) is 0 Å². The van der Waals surface area contributed by atoms with Crippen LogP contribution < -0.4 is 31.7 Å². The SMILES string of the molecule is CCCCNC(=O)C1(C(=O)N[C@@H](CCCNC(N)=O)C(=O)Nc2ccc(COC(=O)Oc3ccc([N+](=O)[O-])cc3)cc2)CCCCC1. The third kappa shape index (κ3) is 11.3. The van der Waals surface area contributed by atoms with Crippen LogP contribution in [0.4, 0.5) is 21.0 Å². The third-order valence-electron chi connectivity index (χ3n) is 7.81. The van der Waals surface area contributed by atoms with Gasteiger partial charge in [0.1, 0.15) is 23.8 Å². The summed E-state index contributed by atoms with van der Waals surface area (Å²) in [6, 6.07) is 9.67. The van der Waals surface area contributed by atoms with Crippen molar-refractivity contribution in [2.24, 2.45) is 11.1 Å². The Morgan fingerprint density at radius 2 is 1.57 bits per heavy atom. The minimum atomic E-state index is -1.27. The summed E-state index contributed by atoms with van der Waals surface area (Å²) in [5, 5.41) is 21.7. The molecule has 0 radical (unpaired) electrons. The molecule has 6 N–H and O–H groups in total. The topological polar surface area (TPSA) is 221 Å². The van der Waals surface area contributed by atoms with Crippen LogP contribution >= 0.6 is 0 Å². The first-order valence-electron chi connectivity index (χ1n) is 15.7. The third-order valence-corrected chi connectivity index (χ3v) is 7.81. The van der Waals surface area contributed by atoms with Gasteiger partial charge in [-0.1, -0.05) is 44.7 Å². The van der Waals surface area contributed by atoms with E-state index in [1.165, 1.54) is 24.3 Å². The highest BCUT2D eigenvalue weighted by atomic mass is 16.7. The summed E-state index contributed by atoms with van der Waals surface area (Å²) in [4.78, 5) is 73.7. The Hall–Kier alpha value is -5.21. The van der Waals surface area contributed by atoms with Crippen LogP contribution in [0.5, 0.6) is 5.75 Å². The van der Waals surface area contributed by atoms with Gasteiger partial charge in [0.25, 0.3) is 5.69 Å². The quantitative estimate of drug-likeness (QED) is 0.0439. The lowest BCUT2D eigenvalue weighted by Gasteiger charge is -2.35. The van der Waals surface area contributed by atoms with E-state index in [2.05, 4.69) is 21.3 Å². The number of primary amides is 1. The molecule has 0 aromatic heterocycles. The van der Waals surface area contributed by atoms with E-state index in [1.54, 1.807) is 24.3 Å². The number of non-ortho nitro benzene ring substituents is 1. The normalized spacial score (nSPS) is 14.1. The molecule has 0 spiro atoms. The Morgan fingerprint density at radius 1 is 0.915 bits per heavy atom. The molecule has 1 saturated carbocycles. The summed E-state index contributed by atoms with van der Waals surface area (Å²) in [5.74, 6) is -1.25. The lowest BCUT2D eigenvalue weighted by atomic mass is 9.72. The number of rotatable bonds is 16. The standard InChI is InChI=1S/C32H42N6O9/c1-2-3-19-34-28(40)32(17-5-4-6-18-32)29(41)37-26(8-7-20-35-30(33)42)27(39)36-23-11-9-22(10-12-23)21-46-31(43)47-25-15-13-24(14-16-25)38(44)45/h9-16,26H,2-8,17-21H2,1H3,(H,34,40)(H,36,39)(H,37,41)(H3,33,35,42)/t26-/m0/s1. The largest absolute Gasteiger partial charge is 0.514 e. The number of carbonyl (C=O) groups excluding carboxylic acids is 5. The Labute approximate surface area is 272 Å². The first-order chi connectivity index (χ1) is 22.5. The van der Waals surface area contributed by atoms with Crippen LogP contribution in [0.25, 0.3) is 0 Å². The summed E-state index contributed by atoms with van der Waals surface area (Å²) >= 11 is 0. The molecule has 47 heavy (non-hydrogen) atoms. The molecule has 0 saturated heterocycles. The highest BCUT2D eigenvalue weighted by Gasteiger charge is 2.47. The van der Waals surface area contributed by atoms with E-state index in [0.717, 1.165) is 32.1 Å². The van der Waals surface area contributed by atoms with Gasteiger partial charge in [-0.15, -0.1) is 0 Å². The number of anilines is 1. The fourth-order valence-corrected chi connectivity index (χ4v) is 5.16. The second-order valence-corrected chi connectivity index (χ2v) is 11.3. The molecule has 1 fully saturated rings. The van der Waals surface area contributed by atoms with Gasteiger partial charge in [0, 0.05) is 30.9 Å². The number of hydrogen-bond acceptors (Lipinski definition) is 9. The zero-order chi connectivity index (χ0) is 34.2. The molecule has 1 aliphatic rings. The number of nitro groups is 1. The molecule has 0 heterocycles. The fourth-order valence-electron chi connectivity index (χ4n) is 5.16. The lowest BCUT2D eigenvalue weighted by molar-refractivity contribution is -0.384. The Balaban J connectivity index is 1.62. The molecule has 5 amide bonds. The first-order valence-corrected chi connectivity index (χ1v) is 15.7. The number of ether oxygens (including phenoxy) is 2. The number of carbonyl (C=O) groups is 5. The van der Waals surface area contributed by atoms with E-state index in [-0.39, 0.29) is 36.9 Å². The van der Waals surface area contributed by atoms with E-state index in [0.29, 0.717) is 37.1 Å². The van der Waals surface area contributed by atoms with Crippen molar-refractivity contribution in [3.05, 3.63) is 64.2 Å². The molecule has 15 nitrogen and oxygen atoms in total. The van der Waals surface area contributed by atoms with Crippen LogP contribution in [-0.4, -0.2) is 54.0 Å². The number of nitro benzene ring substituents is 1. The Kier molecular flexibility index (Phi) is 13.9. The van der Waals surface area contributed by atoms with Crippen molar-refractivity contribution >= 4 is 41.3 Å². The molecule has 254 valence electrons. The first kappa shape index (κ1) is 36.3. The molecule has 1 aliphatic carbocycles. The van der Waals surface area contributed by atoms with Gasteiger partial charge in [0.2, 0.25) is 17.7 Å². The number of amides is 5.